The third-order valence-corrected chi connectivity index (χ3v) is 3.89. The van der Waals surface area contributed by atoms with E-state index in [1.807, 2.05) is 54.7 Å². The highest BCUT2D eigenvalue weighted by Gasteiger charge is 2.16. The summed E-state index contributed by atoms with van der Waals surface area (Å²) in [5.74, 6) is 0.550. The molecule has 0 radical (unpaired) electrons. The van der Waals surface area contributed by atoms with Crippen LogP contribution >= 0.6 is 0 Å². The number of nitrogens with zero attached hydrogens (tertiary/aromatic N) is 4. The molecule has 2 heterocycles. The highest BCUT2D eigenvalue weighted by Crippen LogP contribution is 2.24. The minimum atomic E-state index is -0.571. The summed E-state index contributed by atoms with van der Waals surface area (Å²) in [4.78, 5) is 17.1. The van der Waals surface area contributed by atoms with E-state index in [0.29, 0.717) is 11.4 Å². The number of oxazole rings is 1. The van der Waals surface area contributed by atoms with Crippen molar-refractivity contribution in [1.29, 1.82) is 0 Å². The predicted octanol–water partition coefficient (Wildman–Crippen LogP) is 3.10. The molecule has 0 aliphatic heterocycles. The van der Waals surface area contributed by atoms with Gasteiger partial charge in [-0.25, -0.2) is 14.5 Å². The van der Waals surface area contributed by atoms with Crippen molar-refractivity contribution in [1.82, 2.24) is 14.8 Å². The van der Waals surface area contributed by atoms with Crippen molar-refractivity contribution in [2.24, 2.45) is 5.73 Å². The number of benzene rings is 2. The second-order valence-electron chi connectivity index (χ2n) is 5.54. The van der Waals surface area contributed by atoms with E-state index in [1.165, 1.54) is 11.3 Å². The number of urea groups is 1. The standard InChI is InChI=1S/C18H15N5O2/c19-18(24)22(11-16-9-20-12-25-16)15-7-6-13-10-23(21-17(13)8-15)14-4-2-1-3-5-14/h1-10,12H,11H2,(H2,19,24). The first-order valence-corrected chi connectivity index (χ1v) is 7.70. The van der Waals surface area contributed by atoms with Crippen LogP contribution in [0.4, 0.5) is 10.5 Å². The maximum absolute atomic E-state index is 11.8. The van der Waals surface area contributed by atoms with Crippen LogP contribution < -0.4 is 10.6 Å². The third kappa shape index (κ3) is 2.94. The Morgan fingerprint density at radius 3 is 2.76 bits per heavy atom. The van der Waals surface area contributed by atoms with Crippen LogP contribution in [0.5, 0.6) is 0 Å². The van der Waals surface area contributed by atoms with Gasteiger partial charge < -0.3 is 10.2 Å². The summed E-state index contributed by atoms with van der Waals surface area (Å²) in [6.07, 6.45) is 4.82. The van der Waals surface area contributed by atoms with E-state index < -0.39 is 6.03 Å². The molecule has 0 spiro atoms. The number of rotatable bonds is 4. The Kier molecular flexibility index (Phi) is 3.66. The molecule has 0 saturated heterocycles. The van der Waals surface area contributed by atoms with Crippen molar-refractivity contribution >= 4 is 22.6 Å². The van der Waals surface area contributed by atoms with Gasteiger partial charge in [0.2, 0.25) is 0 Å². The first-order valence-electron chi connectivity index (χ1n) is 7.70. The van der Waals surface area contributed by atoms with Gasteiger partial charge in [-0.05, 0) is 30.3 Å². The van der Waals surface area contributed by atoms with Crippen LogP contribution in [0.2, 0.25) is 0 Å². The Hall–Kier alpha value is -3.61. The molecular formula is C18H15N5O2. The lowest BCUT2D eigenvalue weighted by Crippen LogP contribution is -2.35. The molecule has 124 valence electrons. The molecule has 0 unspecified atom stereocenters. The highest BCUT2D eigenvalue weighted by molar-refractivity contribution is 5.93. The molecule has 2 amide bonds. The zero-order valence-electron chi connectivity index (χ0n) is 13.2. The van der Waals surface area contributed by atoms with Gasteiger partial charge in [-0.1, -0.05) is 18.2 Å². The molecule has 7 heteroatoms. The summed E-state index contributed by atoms with van der Waals surface area (Å²) in [6, 6.07) is 14.8. The van der Waals surface area contributed by atoms with Crippen LogP contribution in [0, 0.1) is 0 Å². The molecule has 0 fully saturated rings. The van der Waals surface area contributed by atoms with Crippen LogP contribution in [0.1, 0.15) is 5.76 Å². The smallest absolute Gasteiger partial charge is 0.319 e. The molecule has 2 aromatic carbocycles. The largest absolute Gasteiger partial charge is 0.447 e. The lowest BCUT2D eigenvalue weighted by atomic mass is 10.2. The molecule has 2 N–H and O–H groups in total. The predicted molar refractivity (Wildman–Crippen MR) is 93.3 cm³/mol. The number of anilines is 1. The zero-order valence-corrected chi connectivity index (χ0v) is 13.2. The molecule has 7 nitrogen and oxygen atoms in total. The van der Waals surface area contributed by atoms with E-state index in [2.05, 4.69) is 10.1 Å². The summed E-state index contributed by atoms with van der Waals surface area (Å²) in [5.41, 5.74) is 7.91. The average molecular weight is 333 g/mol. The van der Waals surface area contributed by atoms with Crippen LogP contribution in [-0.2, 0) is 6.54 Å². The van der Waals surface area contributed by atoms with Crippen LogP contribution in [0.25, 0.3) is 16.6 Å². The number of para-hydroxylation sites is 1. The average Bonchev–Trinajstić information content (AvgIpc) is 3.29. The number of hydrogen-bond donors (Lipinski definition) is 1. The zero-order chi connectivity index (χ0) is 17.2. The molecule has 2 aromatic heterocycles. The molecule has 0 atom stereocenters. The molecule has 0 bridgehead atoms. The van der Waals surface area contributed by atoms with Crippen LogP contribution in [-0.4, -0.2) is 20.8 Å². The van der Waals surface area contributed by atoms with Crippen molar-refractivity contribution < 1.29 is 9.21 Å². The number of amides is 2. The second-order valence-corrected chi connectivity index (χ2v) is 5.54. The fourth-order valence-corrected chi connectivity index (χ4v) is 2.66. The monoisotopic (exact) mass is 333 g/mol. The third-order valence-electron chi connectivity index (χ3n) is 3.89. The summed E-state index contributed by atoms with van der Waals surface area (Å²) in [7, 11) is 0. The summed E-state index contributed by atoms with van der Waals surface area (Å²) in [6.45, 7) is 0.209. The molecule has 4 aromatic rings. The van der Waals surface area contributed by atoms with Gasteiger partial charge in [-0.3, -0.25) is 4.90 Å². The van der Waals surface area contributed by atoms with Gasteiger partial charge in [0.15, 0.2) is 6.39 Å². The number of hydrogen-bond acceptors (Lipinski definition) is 4. The Morgan fingerprint density at radius 2 is 2.04 bits per heavy atom. The lowest BCUT2D eigenvalue weighted by molar-refractivity contribution is 0.253. The number of nitrogens with two attached hydrogens (primary N) is 1. The van der Waals surface area contributed by atoms with E-state index in [9.17, 15) is 4.79 Å². The SMILES string of the molecule is NC(=O)N(Cc1cnco1)c1ccc2cn(-c3ccccc3)nc2c1. The fraction of sp³-hybridized carbons (Fsp3) is 0.0556. The minimum absolute atomic E-state index is 0.209. The number of fused-ring (bicyclic) bond motifs is 1. The van der Waals surface area contributed by atoms with Crippen molar-refractivity contribution in [3.05, 3.63) is 73.1 Å². The van der Waals surface area contributed by atoms with Crippen LogP contribution in [0.15, 0.2) is 71.7 Å². The van der Waals surface area contributed by atoms with Crippen molar-refractivity contribution in [2.75, 3.05) is 4.90 Å². The second kappa shape index (κ2) is 6.12. The molecule has 25 heavy (non-hydrogen) atoms. The number of carbonyl (C=O) groups excluding carboxylic acids is 1. The van der Waals surface area contributed by atoms with Gasteiger partial charge in [0.05, 0.1) is 23.9 Å². The summed E-state index contributed by atoms with van der Waals surface area (Å²) < 4.78 is 7.01. The first kappa shape index (κ1) is 14.9. The maximum Gasteiger partial charge on any atom is 0.319 e. The van der Waals surface area contributed by atoms with Crippen molar-refractivity contribution in [3.8, 4) is 5.69 Å². The number of carbonyl (C=O) groups is 1. The number of primary amides is 1. The van der Waals surface area contributed by atoms with E-state index in [1.54, 1.807) is 10.9 Å². The van der Waals surface area contributed by atoms with Crippen molar-refractivity contribution in [3.63, 3.8) is 0 Å². The van der Waals surface area contributed by atoms with E-state index in [0.717, 1.165) is 16.6 Å². The van der Waals surface area contributed by atoms with E-state index in [4.69, 9.17) is 10.2 Å². The maximum atomic E-state index is 11.8. The van der Waals surface area contributed by atoms with Gasteiger partial charge in [0, 0.05) is 17.3 Å². The molecular weight excluding hydrogens is 318 g/mol. The van der Waals surface area contributed by atoms with E-state index >= 15 is 0 Å². The molecule has 0 aliphatic rings. The topological polar surface area (TPSA) is 90.2 Å². The number of aromatic nitrogens is 3. The Labute approximate surface area is 143 Å². The fourth-order valence-electron chi connectivity index (χ4n) is 2.66. The Morgan fingerprint density at radius 1 is 1.20 bits per heavy atom. The van der Waals surface area contributed by atoms with Gasteiger partial charge in [-0.15, -0.1) is 0 Å². The highest BCUT2D eigenvalue weighted by atomic mass is 16.3. The normalized spacial score (nSPS) is 10.9. The quantitative estimate of drug-likeness (QED) is 0.621. The Balaban J connectivity index is 1.71. The summed E-state index contributed by atoms with van der Waals surface area (Å²) in [5, 5.41) is 5.55. The first-order chi connectivity index (χ1) is 12.2. The van der Waals surface area contributed by atoms with Crippen molar-refractivity contribution in [2.45, 2.75) is 6.54 Å². The molecule has 0 saturated carbocycles. The molecule has 0 aliphatic carbocycles. The van der Waals surface area contributed by atoms with Crippen LogP contribution in [0.3, 0.4) is 0 Å². The van der Waals surface area contributed by atoms with E-state index in [-0.39, 0.29) is 6.54 Å². The lowest BCUT2D eigenvalue weighted by Gasteiger charge is -2.18. The Bertz CT molecular complexity index is 1010. The minimum Gasteiger partial charge on any atom is -0.447 e. The van der Waals surface area contributed by atoms with Gasteiger partial charge in [0.25, 0.3) is 0 Å². The molecule has 4 rings (SSSR count). The van der Waals surface area contributed by atoms with Gasteiger partial charge in [-0.2, -0.15) is 5.10 Å². The van der Waals surface area contributed by atoms with Gasteiger partial charge in [0.1, 0.15) is 5.76 Å². The van der Waals surface area contributed by atoms with Gasteiger partial charge >= 0.3 is 6.03 Å². The summed E-state index contributed by atoms with van der Waals surface area (Å²) >= 11 is 0.